The molecule has 1 aliphatic rings. The molecule has 0 radical (unpaired) electrons. The second-order valence-corrected chi connectivity index (χ2v) is 5.25. The summed E-state index contributed by atoms with van der Waals surface area (Å²) in [5.74, 6) is 0. The Balaban J connectivity index is 2.59. The molecule has 1 saturated carbocycles. The third-order valence-electron chi connectivity index (χ3n) is 3.22. The molecule has 1 N–H and O–H groups in total. The van der Waals surface area contributed by atoms with E-state index in [0.29, 0.717) is 17.3 Å². The van der Waals surface area contributed by atoms with Crippen LogP contribution in [-0.4, -0.2) is 5.11 Å². The van der Waals surface area contributed by atoms with E-state index >= 15 is 0 Å². The van der Waals surface area contributed by atoms with Crippen molar-refractivity contribution >= 4 is 15.9 Å². The van der Waals surface area contributed by atoms with Gasteiger partial charge in [0.25, 0.3) is 0 Å². The SMILES string of the molecule is OC1(c2c(Br)cccc2C(F)(F)F)CCCC1. The average molecular weight is 309 g/mol. The molecule has 0 aliphatic heterocycles. The minimum absolute atomic E-state index is 0.00926. The summed E-state index contributed by atoms with van der Waals surface area (Å²) in [4.78, 5) is 0. The molecular formula is C12H12BrF3O. The van der Waals surface area contributed by atoms with Crippen LogP contribution in [0.3, 0.4) is 0 Å². The van der Waals surface area contributed by atoms with E-state index in [1.165, 1.54) is 6.07 Å². The zero-order chi connectivity index (χ0) is 12.7. The lowest BCUT2D eigenvalue weighted by Crippen LogP contribution is -2.26. The highest BCUT2D eigenvalue weighted by molar-refractivity contribution is 9.10. The van der Waals surface area contributed by atoms with Crippen molar-refractivity contribution < 1.29 is 18.3 Å². The quantitative estimate of drug-likeness (QED) is 0.823. The van der Waals surface area contributed by atoms with E-state index in [1.54, 1.807) is 6.07 Å². The molecule has 1 aliphatic carbocycles. The fourth-order valence-corrected chi connectivity index (χ4v) is 3.18. The first-order valence-electron chi connectivity index (χ1n) is 5.43. The molecule has 1 fully saturated rings. The van der Waals surface area contributed by atoms with Crippen molar-refractivity contribution in [2.45, 2.75) is 37.5 Å². The van der Waals surface area contributed by atoms with Gasteiger partial charge >= 0.3 is 6.18 Å². The number of halogens is 4. The summed E-state index contributed by atoms with van der Waals surface area (Å²) in [6, 6.07) is 3.91. The largest absolute Gasteiger partial charge is 0.416 e. The maximum Gasteiger partial charge on any atom is 0.416 e. The van der Waals surface area contributed by atoms with Crippen molar-refractivity contribution in [2.75, 3.05) is 0 Å². The van der Waals surface area contributed by atoms with Gasteiger partial charge in [-0.1, -0.05) is 34.8 Å². The zero-order valence-electron chi connectivity index (χ0n) is 9.02. The molecule has 1 aromatic carbocycles. The standard InChI is InChI=1S/C12H12BrF3O/c13-9-5-3-4-8(12(14,15)16)10(9)11(17)6-1-2-7-11/h3-5,17H,1-2,6-7H2. The maximum atomic E-state index is 12.9. The highest BCUT2D eigenvalue weighted by Crippen LogP contribution is 2.47. The van der Waals surface area contributed by atoms with E-state index in [-0.39, 0.29) is 5.56 Å². The number of hydrogen-bond acceptors (Lipinski definition) is 1. The van der Waals surface area contributed by atoms with Crippen molar-refractivity contribution in [3.63, 3.8) is 0 Å². The van der Waals surface area contributed by atoms with Crippen molar-refractivity contribution in [1.29, 1.82) is 0 Å². The lowest BCUT2D eigenvalue weighted by Gasteiger charge is -2.27. The summed E-state index contributed by atoms with van der Waals surface area (Å²) in [6.45, 7) is 0. The van der Waals surface area contributed by atoms with E-state index in [0.717, 1.165) is 18.9 Å². The Kier molecular flexibility index (Phi) is 3.25. The van der Waals surface area contributed by atoms with Gasteiger partial charge in [-0.2, -0.15) is 13.2 Å². The summed E-state index contributed by atoms with van der Waals surface area (Å²) < 4.78 is 39.1. The zero-order valence-corrected chi connectivity index (χ0v) is 10.6. The van der Waals surface area contributed by atoms with Crippen LogP contribution in [0.15, 0.2) is 22.7 Å². The monoisotopic (exact) mass is 308 g/mol. The third kappa shape index (κ3) is 2.36. The van der Waals surface area contributed by atoms with Crippen LogP contribution in [0, 0.1) is 0 Å². The normalized spacial score (nSPS) is 19.6. The molecule has 17 heavy (non-hydrogen) atoms. The summed E-state index contributed by atoms with van der Waals surface area (Å²) >= 11 is 3.12. The maximum absolute atomic E-state index is 12.9. The van der Waals surface area contributed by atoms with Crippen molar-refractivity contribution in [3.8, 4) is 0 Å². The Bertz CT molecular complexity index is 422. The van der Waals surface area contributed by atoms with E-state index in [2.05, 4.69) is 15.9 Å². The molecule has 0 atom stereocenters. The highest BCUT2D eigenvalue weighted by Gasteiger charge is 2.43. The second-order valence-electron chi connectivity index (χ2n) is 4.40. The first-order chi connectivity index (χ1) is 7.84. The third-order valence-corrected chi connectivity index (χ3v) is 3.88. The number of alkyl halides is 3. The smallest absolute Gasteiger partial charge is 0.385 e. The van der Waals surface area contributed by atoms with Gasteiger partial charge in [0.05, 0.1) is 11.2 Å². The lowest BCUT2D eigenvalue weighted by molar-refractivity contribution is -0.140. The van der Waals surface area contributed by atoms with Crippen LogP contribution in [-0.2, 0) is 11.8 Å². The molecule has 5 heteroatoms. The molecule has 0 bridgehead atoms. The van der Waals surface area contributed by atoms with Crippen LogP contribution in [0.4, 0.5) is 13.2 Å². The summed E-state index contributed by atoms with van der Waals surface area (Å²) in [5.41, 5.74) is -2.09. The molecule has 94 valence electrons. The van der Waals surface area contributed by atoms with Crippen LogP contribution in [0.25, 0.3) is 0 Å². The van der Waals surface area contributed by atoms with Gasteiger partial charge in [0.1, 0.15) is 0 Å². The van der Waals surface area contributed by atoms with Crippen molar-refractivity contribution in [2.24, 2.45) is 0 Å². The minimum atomic E-state index is -4.43. The lowest BCUT2D eigenvalue weighted by atomic mass is 9.88. The van der Waals surface area contributed by atoms with Crippen LogP contribution in [0.2, 0.25) is 0 Å². The van der Waals surface area contributed by atoms with Crippen molar-refractivity contribution in [1.82, 2.24) is 0 Å². The Morgan fingerprint density at radius 3 is 2.29 bits per heavy atom. The van der Waals surface area contributed by atoms with Gasteiger partial charge in [-0.15, -0.1) is 0 Å². The Morgan fingerprint density at radius 2 is 1.76 bits per heavy atom. The molecule has 0 spiro atoms. The van der Waals surface area contributed by atoms with Crippen LogP contribution < -0.4 is 0 Å². The fourth-order valence-electron chi connectivity index (χ4n) is 2.44. The number of aliphatic hydroxyl groups is 1. The van der Waals surface area contributed by atoms with Gasteiger partial charge in [0, 0.05) is 10.0 Å². The highest BCUT2D eigenvalue weighted by atomic mass is 79.9. The molecule has 0 aromatic heterocycles. The Labute approximate surface area is 106 Å². The predicted octanol–water partition coefficient (Wildman–Crippen LogP) is 4.23. The molecule has 0 saturated heterocycles. The van der Waals surface area contributed by atoms with Crippen molar-refractivity contribution in [3.05, 3.63) is 33.8 Å². The van der Waals surface area contributed by atoms with E-state index in [4.69, 9.17) is 0 Å². The van der Waals surface area contributed by atoms with Gasteiger partial charge < -0.3 is 5.11 Å². The van der Waals surface area contributed by atoms with Gasteiger partial charge in [0.2, 0.25) is 0 Å². The van der Waals surface area contributed by atoms with Crippen LogP contribution >= 0.6 is 15.9 Å². The molecule has 1 nitrogen and oxygen atoms in total. The molecule has 0 heterocycles. The number of benzene rings is 1. The molecule has 0 amide bonds. The van der Waals surface area contributed by atoms with E-state index in [1.807, 2.05) is 0 Å². The Morgan fingerprint density at radius 1 is 1.18 bits per heavy atom. The minimum Gasteiger partial charge on any atom is -0.385 e. The van der Waals surface area contributed by atoms with Gasteiger partial charge in [-0.3, -0.25) is 0 Å². The van der Waals surface area contributed by atoms with Gasteiger partial charge in [-0.05, 0) is 25.0 Å². The first kappa shape index (κ1) is 12.9. The molecular weight excluding hydrogens is 297 g/mol. The molecule has 1 aromatic rings. The molecule has 2 rings (SSSR count). The van der Waals surface area contributed by atoms with Gasteiger partial charge in [-0.25, -0.2) is 0 Å². The number of rotatable bonds is 1. The van der Waals surface area contributed by atoms with E-state index in [9.17, 15) is 18.3 Å². The summed E-state index contributed by atoms with van der Waals surface area (Å²) in [6.07, 6.45) is -2.14. The van der Waals surface area contributed by atoms with Crippen LogP contribution in [0.5, 0.6) is 0 Å². The fraction of sp³-hybridized carbons (Fsp3) is 0.500. The second kappa shape index (κ2) is 4.28. The van der Waals surface area contributed by atoms with Gasteiger partial charge in [0.15, 0.2) is 0 Å². The van der Waals surface area contributed by atoms with E-state index < -0.39 is 17.3 Å². The first-order valence-corrected chi connectivity index (χ1v) is 6.22. The summed E-state index contributed by atoms with van der Waals surface area (Å²) in [7, 11) is 0. The predicted molar refractivity (Wildman–Crippen MR) is 61.5 cm³/mol. The summed E-state index contributed by atoms with van der Waals surface area (Å²) in [5, 5.41) is 10.4. The van der Waals surface area contributed by atoms with Crippen LogP contribution in [0.1, 0.15) is 36.8 Å². The molecule has 0 unspecified atom stereocenters. The average Bonchev–Trinajstić information content (AvgIpc) is 2.64. The Hall–Kier alpha value is -0.550. The number of hydrogen-bond donors (Lipinski definition) is 1. The topological polar surface area (TPSA) is 20.2 Å².